The maximum Gasteiger partial charge on any atom is 0.317 e. The summed E-state index contributed by atoms with van der Waals surface area (Å²) in [6.07, 6.45) is 2.20. The number of aliphatic carboxylic acids is 1. The number of amides is 2. The van der Waals surface area contributed by atoms with Gasteiger partial charge in [-0.05, 0) is 37.8 Å². The predicted molar refractivity (Wildman–Crippen MR) is 82.3 cm³/mol. The highest BCUT2D eigenvalue weighted by atomic mass is 19.1. The molecule has 7 heteroatoms. The van der Waals surface area contributed by atoms with Gasteiger partial charge in [0, 0.05) is 18.7 Å². The van der Waals surface area contributed by atoms with Gasteiger partial charge in [0.15, 0.2) is 0 Å². The standard InChI is InChI=1S/C17H20F2N2O3/c1-10(14-12(18)5-2-6-13(14)19)20-16(24)21-8-11-4-3-7-17(11,9-21)15(22)23/h2,5-6,10-11H,3-4,7-9H2,1H3,(H,20,24)(H,22,23)/t10?,11-,17+/m0/s1. The fourth-order valence-corrected chi connectivity index (χ4v) is 4.07. The molecule has 0 radical (unpaired) electrons. The number of carboxylic acid groups (broad SMARTS) is 1. The van der Waals surface area contributed by atoms with E-state index in [9.17, 15) is 23.5 Å². The number of hydrogen-bond donors (Lipinski definition) is 2. The smallest absolute Gasteiger partial charge is 0.317 e. The zero-order valence-electron chi connectivity index (χ0n) is 13.4. The molecule has 130 valence electrons. The van der Waals surface area contributed by atoms with E-state index in [1.807, 2.05) is 0 Å². The highest BCUT2D eigenvalue weighted by Gasteiger charge is 2.55. The summed E-state index contributed by atoms with van der Waals surface area (Å²) < 4.78 is 27.6. The summed E-state index contributed by atoms with van der Waals surface area (Å²) in [5.74, 6) is -2.36. The Balaban J connectivity index is 1.71. The molecule has 5 nitrogen and oxygen atoms in total. The van der Waals surface area contributed by atoms with E-state index in [-0.39, 0.29) is 18.0 Å². The average Bonchev–Trinajstić information content (AvgIpc) is 3.04. The molecule has 1 aliphatic carbocycles. The Bertz CT molecular complexity index is 662. The van der Waals surface area contributed by atoms with Crippen molar-refractivity contribution in [1.82, 2.24) is 10.2 Å². The maximum absolute atomic E-state index is 13.8. The van der Waals surface area contributed by atoms with Gasteiger partial charge in [-0.3, -0.25) is 4.79 Å². The summed E-state index contributed by atoms with van der Waals surface area (Å²) in [5.41, 5.74) is -1.07. The third-order valence-electron chi connectivity index (χ3n) is 5.36. The first-order valence-electron chi connectivity index (χ1n) is 8.08. The zero-order valence-corrected chi connectivity index (χ0v) is 13.4. The van der Waals surface area contributed by atoms with Crippen molar-refractivity contribution in [3.63, 3.8) is 0 Å². The second-order valence-electron chi connectivity index (χ2n) is 6.74. The summed E-state index contributed by atoms with van der Waals surface area (Å²) in [7, 11) is 0. The number of halogens is 2. The molecular weight excluding hydrogens is 318 g/mol. The van der Waals surface area contributed by atoms with E-state index in [0.717, 1.165) is 25.0 Å². The van der Waals surface area contributed by atoms with Crippen LogP contribution in [0.1, 0.15) is 37.8 Å². The highest BCUT2D eigenvalue weighted by Crippen LogP contribution is 2.48. The lowest BCUT2D eigenvalue weighted by atomic mass is 9.81. The van der Waals surface area contributed by atoms with Crippen molar-refractivity contribution in [2.24, 2.45) is 11.3 Å². The lowest BCUT2D eigenvalue weighted by molar-refractivity contribution is -0.149. The minimum absolute atomic E-state index is 0.0544. The van der Waals surface area contributed by atoms with E-state index >= 15 is 0 Å². The Kier molecular flexibility index (Phi) is 4.19. The number of rotatable bonds is 3. The van der Waals surface area contributed by atoms with Crippen LogP contribution in [0, 0.1) is 23.0 Å². The minimum Gasteiger partial charge on any atom is -0.481 e. The van der Waals surface area contributed by atoms with Gasteiger partial charge in [0.2, 0.25) is 0 Å². The molecule has 1 unspecified atom stereocenters. The molecule has 0 spiro atoms. The molecule has 2 amide bonds. The third kappa shape index (κ3) is 2.61. The topological polar surface area (TPSA) is 69.6 Å². The van der Waals surface area contributed by atoms with Gasteiger partial charge in [-0.25, -0.2) is 13.6 Å². The van der Waals surface area contributed by atoms with Crippen molar-refractivity contribution in [2.75, 3.05) is 13.1 Å². The van der Waals surface area contributed by atoms with Gasteiger partial charge in [-0.1, -0.05) is 12.5 Å². The van der Waals surface area contributed by atoms with Crippen LogP contribution in [-0.2, 0) is 4.79 Å². The van der Waals surface area contributed by atoms with Crippen molar-refractivity contribution in [2.45, 2.75) is 32.2 Å². The Morgan fingerprint density at radius 2 is 2.04 bits per heavy atom. The number of likely N-dealkylation sites (tertiary alicyclic amines) is 1. The molecule has 1 aliphatic heterocycles. The summed E-state index contributed by atoms with van der Waals surface area (Å²) >= 11 is 0. The van der Waals surface area contributed by atoms with Crippen LogP contribution in [0.25, 0.3) is 0 Å². The maximum atomic E-state index is 13.8. The van der Waals surface area contributed by atoms with Gasteiger partial charge in [0.1, 0.15) is 11.6 Å². The number of carbonyl (C=O) groups excluding carboxylic acids is 1. The Hall–Kier alpha value is -2.18. The molecule has 2 N–H and O–H groups in total. The number of benzene rings is 1. The van der Waals surface area contributed by atoms with E-state index in [4.69, 9.17) is 0 Å². The van der Waals surface area contributed by atoms with Crippen molar-refractivity contribution in [1.29, 1.82) is 0 Å². The quantitative estimate of drug-likeness (QED) is 0.890. The Morgan fingerprint density at radius 3 is 2.62 bits per heavy atom. The second kappa shape index (κ2) is 6.03. The summed E-state index contributed by atoms with van der Waals surface area (Å²) in [5, 5.41) is 12.1. The minimum atomic E-state index is -0.871. The van der Waals surface area contributed by atoms with E-state index < -0.39 is 35.1 Å². The largest absolute Gasteiger partial charge is 0.481 e. The number of carbonyl (C=O) groups is 2. The molecule has 2 fully saturated rings. The second-order valence-corrected chi connectivity index (χ2v) is 6.74. The van der Waals surface area contributed by atoms with Crippen LogP contribution in [0.2, 0.25) is 0 Å². The summed E-state index contributed by atoms with van der Waals surface area (Å²) in [6.45, 7) is 2.01. The molecule has 2 aliphatic rings. The molecule has 0 aromatic heterocycles. The van der Waals surface area contributed by atoms with Crippen LogP contribution in [0.4, 0.5) is 13.6 Å². The Morgan fingerprint density at radius 1 is 1.38 bits per heavy atom. The van der Waals surface area contributed by atoms with E-state index in [1.54, 1.807) is 0 Å². The molecule has 3 rings (SSSR count). The van der Waals surface area contributed by atoms with Crippen molar-refractivity contribution < 1.29 is 23.5 Å². The number of urea groups is 1. The van der Waals surface area contributed by atoms with Crippen LogP contribution < -0.4 is 5.32 Å². The molecule has 1 saturated heterocycles. The molecule has 1 aromatic carbocycles. The van der Waals surface area contributed by atoms with Gasteiger partial charge in [-0.2, -0.15) is 0 Å². The first-order valence-corrected chi connectivity index (χ1v) is 8.08. The molecule has 3 atom stereocenters. The first-order chi connectivity index (χ1) is 11.3. The van der Waals surface area contributed by atoms with Gasteiger partial charge in [-0.15, -0.1) is 0 Å². The van der Waals surface area contributed by atoms with Gasteiger partial charge in [0.05, 0.1) is 11.5 Å². The van der Waals surface area contributed by atoms with Crippen LogP contribution in [0.15, 0.2) is 18.2 Å². The van der Waals surface area contributed by atoms with Crippen molar-refractivity contribution >= 4 is 12.0 Å². The molecular formula is C17H20F2N2O3. The van der Waals surface area contributed by atoms with Crippen LogP contribution >= 0.6 is 0 Å². The van der Waals surface area contributed by atoms with E-state index in [1.165, 1.54) is 17.9 Å². The molecule has 0 bridgehead atoms. The molecule has 24 heavy (non-hydrogen) atoms. The predicted octanol–water partition coefficient (Wildman–Crippen LogP) is 2.92. The normalized spacial score (nSPS) is 27.0. The van der Waals surface area contributed by atoms with Crippen LogP contribution in [0.3, 0.4) is 0 Å². The van der Waals surface area contributed by atoms with Gasteiger partial charge >= 0.3 is 12.0 Å². The fraction of sp³-hybridized carbons (Fsp3) is 0.529. The van der Waals surface area contributed by atoms with Crippen LogP contribution in [-0.4, -0.2) is 35.1 Å². The van der Waals surface area contributed by atoms with E-state index in [0.29, 0.717) is 13.0 Å². The lowest BCUT2D eigenvalue weighted by Crippen LogP contribution is -2.42. The molecule has 1 saturated carbocycles. The lowest BCUT2D eigenvalue weighted by Gasteiger charge is -2.24. The summed E-state index contributed by atoms with van der Waals surface area (Å²) in [4.78, 5) is 25.5. The van der Waals surface area contributed by atoms with Crippen molar-refractivity contribution in [3.05, 3.63) is 35.4 Å². The number of nitrogens with zero attached hydrogens (tertiary/aromatic N) is 1. The molecule has 1 aromatic rings. The fourth-order valence-electron chi connectivity index (χ4n) is 4.07. The van der Waals surface area contributed by atoms with E-state index in [2.05, 4.69) is 5.32 Å². The van der Waals surface area contributed by atoms with Gasteiger partial charge in [0.25, 0.3) is 0 Å². The zero-order chi connectivity index (χ0) is 17.5. The number of carboxylic acids is 1. The van der Waals surface area contributed by atoms with Crippen LogP contribution in [0.5, 0.6) is 0 Å². The SMILES string of the molecule is CC(NC(=O)N1C[C@@H]2CCC[C@@]2(C(=O)O)C1)c1c(F)cccc1F. The van der Waals surface area contributed by atoms with Gasteiger partial charge < -0.3 is 15.3 Å². The monoisotopic (exact) mass is 338 g/mol. The number of hydrogen-bond acceptors (Lipinski definition) is 2. The molecule has 1 heterocycles. The highest BCUT2D eigenvalue weighted by molar-refractivity contribution is 5.80. The Labute approximate surface area is 138 Å². The number of fused-ring (bicyclic) bond motifs is 1. The summed E-state index contributed by atoms with van der Waals surface area (Å²) in [6, 6.07) is 2.21. The van der Waals surface area contributed by atoms with Crippen molar-refractivity contribution in [3.8, 4) is 0 Å². The number of nitrogens with one attached hydrogen (secondary N) is 1. The third-order valence-corrected chi connectivity index (χ3v) is 5.36. The first kappa shape index (κ1) is 16.7. The average molecular weight is 338 g/mol.